The molecule has 90 valence electrons. The zero-order valence-electron chi connectivity index (χ0n) is 10.0. The van der Waals surface area contributed by atoms with Crippen LogP contribution >= 0.6 is 0 Å². The highest BCUT2D eigenvalue weighted by molar-refractivity contribution is 4.72. The first-order chi connectivity index (χ1) is 7.11. The molecule has 3 heteroatoms. The molecule has 2 atom stereocenters. The summed E-state index contributed by atoms with van der Waals surface area (Å²) in [5.41, 5.74) is 0. The van der Waals surface area contributed by atoms with Gasteiger partial charge in [0, 0.05) is 6.54 Å². The summed E-state index contributed by atoms with van der Waals surface area (Å²) in [6.07, 6.45) is 2.77. The van der Waals surface area contributed by atoms with Crippen LogP contribution in [0, 0.1) is 11.8 Å². The van der Waals surface area contributed by atoms with Gasteiger partial charge in [0.15, 0.2) is 0 Å². The van der Waals surface area contributed by atoms with E-state index in [2.05, 4.69) is 18.7 Å². The number of likely N-dealkylation sites (tertiary alicyclic amines) is 1. The van der Waals surface area contributed by atoms with E-state index in [1.807, 2.05) is 0 Å². The van der Waals surface area contributed by atoms with Crippen molar-refractivity contribution in [1.29, 1.82) is 0 Å². The van der Waals surface area contributed by atoms with E-state index in [-0.39, 0.29) is 6.61 Å². The summed E-state index contributed by atoms with van der Waals surface area (Å²) in [6.45, 7) is 7.81. The topological polar surface area (TPSA) is 43.7 Å². The molecule has 0 aromatic carbocycles. The summed E-state index contributed by atoms with van der Waals surface area (Å²) in [4.78, 5) is 2.48. The number of hydrogen-bond donors (Lipinski definition) is 2. The molecule has 3 nitrogen and oxygen atoms in total. The largest absolute Gasteiger partial charge is 0.394 e. The van der Waals surface area contributed by atoms with Gasteiger partial charge in [0.2, 0.25) is 0 Å². The van der Waals surface area contributed by atoms with E-state index >= 15 is 0 Å². The SMILES string of the molecule is CC1CCN(CC(C)CC(O)CO)CC1. The second-order valence-electron chi connectivity index (χ2n) is 5.16. The monoisotopic (exact) mass is 215 g/mol. The first kappa shape index (κ1) is 12.9. The van der Waals surface area contributed by atoms with Crippen molar-refractivity contribution in [2.24, 2.45) is 11.8 Å². The molecule has 0 saturated carbocycles. The summed E-state index contributed by atoms with van der Waals surface area (Å²) in [5, 5.41) is 18.1. The van der Waals surface area contributed by atoms with Gasteiger partial charge in [-0.25, -0.2) is 0 Å². The summed E-state index contributed by atoms with van der Waals surface area (Å²) in [7, 11) is 0. The van der Waals surface area contributed by atoms with Crippen LogP contribution in [-0.2, 0) is 0 Å². The lowest BCUT2D eigenvalue weighted by Gasteiger charge is -2.32. The molecular formula is C12H25NO2. The van der Waals surface area contributed by atoms with Crippen molar-refractivity contribution < 1.29 is 10.2 Å². The Morgan fingerprint density at radius 3 is 2.47 bits per heavy atom. The van der Waals surface area contributed by atoms with E-state index in [0.29, 0.717) is 12.3 Å². The minimum absolute atomic E-state index is 0.110. The average Bonchev–Trinajstić information content (AvgIpc) is 2.21. The van der Waals surface area contributed by atoms with Crippen LogP contribution in [0.25, 0.3) is 0 Å². The number of aliphatic hydroxyl groups is 2. The maximum absolute atomic E-state index is 9.33. The molecule has 0 radical (unpaired) electrons. The van der Waals surface area contributed by atoms with Crippen LogP contribution in [0.5, 0.6) is 0 Å². The lowest BCUT2D eigenvalue weighted by Crippen LogP contribution is -2.36. The Bertz CT molecular complexity index is 167. The minimum Gasteiger partial charge on any atom is -0.394 e. The molecule has 15 heavy (non-hydrogen) atoms. The third-order valence-electron chi connectivity index (χ3n) is 3.33. The average molecular weight is 215 g/mol. The quantitative estimate of drug-likeness (QED) is 0.722. The van der Waals surface area contributed by atoms with Crippen molar-refractivity contribution in [1.82, 2.24) is 4.90 Å². The van der Waals surface area contributed by atoms with Crippen LogP contribution in [0.3, 0.4) is 0 Å². The molecule has 0 aromatic heterocycles. The van der Waals surface area contributed by atoms with E-state index in [1.165, 1.54) is 25.9 Å². The van der Waals surface area contributed by atoms with E-state index in [9.17, 15) is 5.11 Å². The molecule has 0 bridgehead atoms. The zero-order valence-corrected chi connectivity index (χ0v) is 10.0. The molecule has 1 rings (SSSR count). The van der Waals surface area contributed by atoms with Gasteiger partial charge < -0.3 is 15.1 Å². The van der Waals surface area contributed by atoms with Gasteiger partial charge in [0.1, 0.15) is 0 Å². The fourth-order valence-electron chi connectivity index (χ4n) is 2.30. The Balaban J connectivity index is 2.17. The van der Waals surface area contributed by atoms with Gasteiger partial charge >= 0.3 is 0 Å². The Morgan fingerprint density at radius 1 is 1.33 bits per heavy atom. The van der Waals surface area contributed by atoms with E-state index in [4.69, 9.17) is 5.11 Å². The Kier molecular flexibility index (Phi) is 5.58. The third-order valence-corrected chi connectivity index (χ3v) is 3.33. The van der Waals surface area contributed by atoms with Crippen LogP contribution < -0.4 is 0 Å². The van der Waals surface area contributed by atoms with Crippen molar-refractivity contribution in [3.63, 3.8) is 0 Å². The minimum atomic E-state index is -0.538. The molecule has 0 spiro atoms. The fraction of sp³-hybridized carbons (Fsp3) is 1.00. The lowest BCUT2D eigenvalue weighted by atomic mass is 9.97. The van der Waals surface area contributed by atoms with Crippen molar-refractivity contribution in [2.45, 2.75) is 39.2 Å². The normalized spacial score (nSPS) is 24.0. The van der Waals surface area contributed by atoms with E-state index in [1.54, 1.807) is 0 Å². The maximum Gasteiger partial charge on any atom is 0.0773 e. The summed E-state index contributed by atoms with van der Waals surface area (Å²) in [6, 6.07) is 0. The van der Waals surface area contributed by atoms with Crippen molar-refractivity contribution in [3.05, 3.63) is 0 Å². The van der Waals surface area contributed by atoms with E-state index < -0.39 is 6.10 Å². The summed E-state index contributed by atoms with van der Waals surface area (Å²) >= 11 is 0. The molecule has 1 fully saturated rings. The van der Waals surface area contributed by atoms with Crippen molar-refractivity contribution in [2.75, 3.05) is 26.2 Å². The van der Waals surface area contributed by atoms with Crippen molar-refractivity contribution >= 4 is 0 Å². The number of piperidine rings is 1. The second-order valence-corrected chi connectivity index (χ2v) is 5.16. The van der Waals surface area contributed by atoms with Gasteiger partial charge in [-0.1, -0.05) is 13.8 Å². The van der Waals surface area contributed by atoms with Gasteiger partial charge in [-0.15, -0.1) is 0 Å². The molecule has 2 N–H and O–H groups in total. The van der Waals surface area contributed by atoms with Gasteiger partial charge in [-0.2, -0.15) is 0 Å². The number of aliphatic hydroxyl groups excluding tert-OH is 2. The molecule has 1 heterocycles. The molecule has 0 amide bonds. The molecule has 2 unspecified atom stereocenters. The van der Waals surface area contributed by atoms with Gasteiger partial charge in [0.25, 0.3) is 0 Å². The predicted molar refractivity (Wildman–Crippen MR) is 61.7 cm³/mol. The van der Waals surface area contributed by atoms with Crippen LogP contribution in [0.2, 0.25) is 0 Å². The molecular weight excluding hydrogens is 190 g/mol. The highest BCUT2D eigenvalue weighted by atomic mass is 16.3. The predicted octanol–water partition coefficient (Wildman–Crippen LogP) is 1.10. The van der Waals surface area contributed by atoms with Crippen molar-refractivity contribution in [3.8, 4) is 0 Å². The van der Waals surface area contributed by atoms with Crippen LogP contribution in [-0.4, -0.2) is 47.5 Å². The third kappa shape index (κ3) is 4.96. The highest BCUT2D eigenvalue weighted by Crippen LogP contribution is 2.18. The first-order valence-electron chi connectivity index (χ1n) is 6.13. The molecule has 0 aromatic rings. The van der Waals surface area contributed by atoms with Crippen LogP contribution in [0.4, 0.5) is 0 Å². The number of nitrogens with zero attached hydrogens (tertiary/aromatic N) is 1. The molecule has 1 saturated heterocycles. The smallest absolute Gasteiger partial charge is 0.0773 e. The summed E-state index contributed by atoms with van der Waals surface area (Å²) in [5.74, 6) is 1.35. The highest BCUT2D eigenvalue weighted by Gasteiger charge is 2.18. The maximum atomic E-state index is 9.33. The molecule has 0 aliphatic carbocycles. The fourth-order valence-corrected chi connectivity index (χ4v) is 2.30. The zero-order chi connectivity index (χ0) is 11.3. The van der Waals surface area contributed by atoms with Gasteiger partial charge in [-0.05, 0) is 44.2 Å². The van der Waals surface area contributed by atoms with Crippen LogP contribution in [0.15, 0.2) is 0 Å². The van der Waals surface area contributed by atoms with Gasteiger partial charge in [-0.3, -0.25) is 0 Å². The Morgan fingerprint density at radius 2 is 1.93 bits per heavy atom. The van der Waals surface area contributed by atoms with Crippen LogP contribution in [0.1, 0.15) is 33.1 Å². The number of hydrogen-bond acceptors (Lipinski definition) is 3. The van der Waals surface area contributed by atoms with E-state index in [0.717, 1.165) is 12.5 Å². The van der Waals surface area contributed by atoms with Gasteiger partial charge in [0.05, 0.1) is 12.7 Å². The second kappa shape index (κ2) is 6.46. The standard InChI is InChI=1S/C12H25NO2/c1-10-3-5-13(6-4-10)8-11(2)7-12(15)9-14/h10-12,14-15H,3-9H2,1-2H3. The molecule has 1 aliphatic rings. The first-order valence-corrected chi connectivity index (χ1v) is 6.13. The summed E-state index contributed by atoms with van der Waals surface area (Å²) < 4.78 is 0. The lowest BCUT2D eigenvalue weighted by molar-refractivity contribution is 0.0664. The number of rotatable bonds is 5. The molecule has 1 aliphatic heterocycles. The Hall–Kier alpha value is -0.120. The Labute approximate surface area is 93.1 Å².